The van der Waals surface area contributed by atoms with Gasteiger partial charge in [-0.2, -0.15) is 0 Å². The van der Waals surface area contributed by atoms with E-state index < -0.39 is 9.84 Å². The molecular weight excluding hydrogens is 362 g/mol. The van der Waals surface area contributed by atoms with Gasteiger partial charge in [0.25, 0.3) is 0 Å². The Balaban J connectivity index is 1.48. The van der Waals surface area contributed by atoms with E-state index in [1.807, 2.05) is 30.0 Å². The number of rotatable bonds is 5. The van der Waals surface area contributed by atoms with Crippen LogP contribution in [0.5, 0.6) is 0 Å². The van der Waals surface area contributed by atoms with Gasteiger partial charge in [-0.15, -0.1) is 0 Å². The lowest BCUT2D eigenvalue weighted by Crippen LogP contribution is -2.55. The molecule has 0 N–H and O–H groups in total. The van der Waals surface area contributed by atoms with Gasteiger partial charge >= 0.3 is 6.03 Å². The molecule has 148 valence electrons. The Bertz CT molecular complexity index is 756. The van der Waals surface area contributed by atoms with E-state index >= 15 is 0 Å². The number of amides is 2. The summed E-state index contributed by atoms with van der Waals surface area (Å²) in [6.45, 7) is 6.40. The van der Waals surface area contributed by atoms with Crippen molar-refractivity contribution in [1.82, 2.24) is 14.7 Å². The van der Waals surface area contributed by atoms with Gasteiger partial charge in [0.2, 0.25) is 0 Å². The molecule has 2 aliphatic rings. The molecule has 1 atom stereocenters. The van der Waals surface area contributed by atoms with Gasteiger partial charge in [0, 0.05) is 45.3 Å². The van der Waals surface area contributed by atoms with E-state index in [4.69, 9.17) is 0 Å². The van der Waals surface area contributed by atoms with Crippen LogP contribution < -0.4 is 0 Å². The zero-order valence-electron chi connectivity index (χ0n) is 16.0. The highest BCUT2D eigenvalue weighted by Crippen LogP contribution is 2.19. The van der Waals surface area contributed by atoms with Crippen molar-refractivity contribution in [3.8, 4) is 0 Å². The fourth-order valence-corrected chi connectivity index (χ4v) is 5.51. The summed E-state index contributed by atoms with van der Waals surface area (Å²) in [5.41, 5.74) is 1.19. The Morgan fingerprint density at radius 1 is 1.19 bits per heavy atom. The van der Waals surface area contributed by atoms with Gasteiger partial charge < -0.3 is 9.80 Å². The quantitative estimate of drug-likeness (QED) is 0.770. The van der Waals surface area contributed by atoms with Crippen molar-refractivity contribution < 1.29 is 13.2 Å². The van der Waals surface area contributed by atoms with E-state index in [1.165, 1.54) is 5.56 Å². The summed E-state index contributed by atoms with van der Waals surface area (Å²) in [6, 6.07) is 10.0. The first-order valence-corrected chi connectivity index (χ1v) is 11.5. The summed E-state index contributed by atoms with van der Waals surface area (Å²) in [5.74, 6) is 0.305. The van der Waals surface area contributed by atoms with Crippen molar-refractivity contribution in [3.63, 3.8) is 0 Å². The smallest absolute Gasteiger partial charge is 0.320 e. The Morgan fingerprint density at radius 2 is 1.89 bits per heavy atom. The highest BCUT2D eigenvalue weighted by Gasteiger charge is 2.36. The molecule has 6 nitrogen and oxygen atoms in total. The van der Waals surface area contributed by atoms with Crippen LogP contribution in [0.15, 0.2) is 36.4 Å². The summed E-state index contributed by atoms with van der Waals surface area (Å²) >= 11 is 0. The van der Waals surface area contributed by atoms with Crippen LogP contribution in [0.2, 0.25) is 0 Å². The minimum Gasteiger partial charge on any atom is -0.322 e. The fourth-order valence-electron chi connectivity index (χ4n) is 3.78. The second kappa shape index (κ2) is 8.89. The van der Waals surface area contributed by atoms with E-state index in [0.29, 0.717) is 26.1 Å². The van der Waals surface area contributed by atoms with Crippen LogP contribution in [0.3, 0.4) is 0 Å². The highest BCUT2D eigenvalue weighted by atomic mass is 32.2. The molecule has 7 heteroatoms. The first kappa shape index (κ1) is 19.9. The normalized spacial score (nSPS) is 23.0. The van der Waals surface area contributed by atoms with E-state index in [2.05, 4.69) is 29.2 Å². The predicted molar refractivity (Wildman–Crippen MR) is 108 cm³/mol. The Morgan fingerprint density at radius 3 is 2.48 bits per heavy atom. The number of carbonyl (C=O) groups is 1. The molecule has 1 unspecified atom stereocenters. The Hall–Kier alpha value is -1.86. The molecule has 0 aromatic heterocycles. The molecule has 0 saturated carbocycles. The zero-order chi connectivity index (χ0) is 19.3. The predicted octanol–water partition coefficient (Wildman–Crippen LogP) is 1.95. The lowest BCUT2D eigenvalue weighted by Gasteiger charge is -2.38. The topological polar surface area (TPSA) is 60.9 Å². The molecule has 0 spiro atoms. The number of urea groups is 1. The minimum absolute atomic E-state index is 0.0147. The Labute approximate surface area is 162 Å². The molecular formula is C20H29N3O3S. The maximum absolute atomic E-state index is 12.9. The van der Waals surface area contributed by atoms with Crippen molar-refractivity contribution in [2.24, 2.45) is 0 Å². The number of hydrogen-bond acceptors (Lipinski definition) is 4. The molecule has 2 saturated heterocycles. The van der Waals surface area contributed by atoms with Crippen LogP contribution >= 0.6 is 0 Å². The summed E-state index contributed by atoms with van der Waals surface area (Å²) in [5, 5.41) is 0. The second-order valence-electron chi connectivity index (χ2n) is 7.23. The molecule has 0 aliphatic carbocycles. The molecule has 2 fully saturated rings. The van der Waals surface area contributed by atoms with Crippen LogP contribution in [0.1, 0.15) is 18.9 Å². The van der Waals surface area contributed by atoms with Gasteiger partial charge in [0.1, 0.15) is 0 Å². The van der Waals surface area contributed by atoms with Crippen LogP contribution in [0, 0.1) is 0 Å². The molecule has 0 radical (unpaired) electrons. The number of carbonyl (C=O) groups excluding carboxylic acids is 1. The van der Waals surface area contributed by atoms with Gasteiger partial charge in [-0.05, 0) is 18.9 Å². The SMILES string of the molecule is CCN(C(=O)N1CCN(C/C=C/c2ccccc2)CC1)C1CCS(=O)(=O)C1. The highest BCUT2D eigenvalue weighted by molar-refractivity contribution is 7.91. The average Bonchev–Trinajstić information content (AvgIpc) is 3.03. The van der Waals surface area contributed by atoms with Crippen molar-refractivity contribution in [2.75, 3.05) is 50.8 Å². The summed E-state index contributed by atoms with van der Waals surface area (Å²) in [4.78, 5) is 18.8. The first-order valence-electron chi connectivity index (χ1n) is 9.68. The van der Waals surface area contributed by atoms with Crippen molar-refractivity contribution in [1.29, 1.82) is 0 Å². The lowest BCUT2D eigenvalue weighted by molar-refractivity contribution is 0.109. The van der Waals surface area contributed by atoms with Crippen molar-refractivity contribution >= 4 is 21.9 Å². The van der Waals surface area contributed by atoms with Crippen molar-refractivity contribution in [3.05, 3.63) is 42.0 Å². The number of nitrogens with zero attached hydrogens (tertiary/aromatic N) is 3. The van der Waals surface area contributed by atoms with E-state index in [1.54, 1.807) is 4.90 Å². The molecule has 1 aromatic rings. The molecule has 1 aromatic carbocycles. The van der Waals surface area contributed by atoms with Crippen LogP contribution in [-0.2, 0) is 9.84 Å². The third-order valence-corrected chi connectivity index (χ3v) is 7.10. The molecule has 2 aliphatic heterocycles. The van der Waals surface area contributed by atoms with E-state index in [-0.39, 0.29) is 23.6 Å². The molecule has 2 heterocycles. The van der Waals surface area contributed by atoms with Gasteiger partial charge in [-0.3, -0.25) is 4.90 Å². The number of piperazine rings is 1. The van der Waals surface area contributed by atoms with Crippen molar-refractivity contribution in [2.45, 2.75) is 19.4 Å². The van der Waals surface area contributed by atoms with Gasteiger partial charge in [0.15, 0.2) is 9.84 Å². The maximum Gasteiger partial charge on any atom is 0.320 e. The second-order valence-corrected chi connectivity index (χ2v) is 9.45. The number of hydrogen-bond donors (Lipinski definition) is 0. The van der Waals surface area contributed by atoms with Crippen LogP contribution in [0.4, 0.5) is 4.79 Å². The average molecular weight is 392 g/mol. The van der Waals surface area contributed by atoms with Crippen LogP contribution in [0.25, 0.3) is 6.08 Å². The monoisotopic (exact) mass is 391 g/mol. The summed E-state index contributed by atoms with van der Waals surface area (Å²) in [6.07, 6.45) is 4.84. The van der Waals surface area contributed by atoms with E-state index in [0.717, 1.165) is 19.6 Å². The van der Waals surface area contributed by atoms with Gasteiger partial charge in [-0.1, -0.05) is 42.5 Å². The lowest BCUT2D eigenvalue weighted by atomic mass is 10.2. The molecule has 2 amide bonds. The standard InChI is InChI=1S/C20H29N3O3S/c1-2-23(19-10-16-27(25,26)17-19)20(24)22-14-12-21(13-15-22)11-6-9-18-7-4-3-5-8-18/h3-9,19H,2,10-17H2,1H3/b9-6+. The fraction of sp³-hybridized carbons (Fsp3) is 0.550. The minimum atomic E-state index is -2.99. The van der Waals surface area contributed by atoms with E-state index in [9.17, 15) is 13.2 Å². The largest absolute Gasteiger partial charge is 0.322 e. The van der Waals surface area contributed by atoms with Gasteiger partial charge in [0.05, 0.1) is 11.5 Å². The maximum atomic E-state index is 12.9. The van der Waals surface area contributed by atoms with Crippen LogP contribution in [-0.4, -0.2) is 86.0 Å². The molecule has 3 rings (SSSR count). The molecule has 0 bridgehead atoms. The first-order chi connectivity index (χ1) is 13.0. The van der Waals surface area contributed by atoms with Gasteiger partial charge in [-0.25, -0.2) is 13.2 Å². The third-order valence-electron chi connectivity index (χ3n) is 5.35. The number of sulfone groups is 1. The third kappa shape index (κ3) is 5.32. The Kier molecular flexibility index (Phi) is 6.55. The summed E-state index contributed by atoms with van der Waals surface area (Å²) in [7, 11) is -2.99. The summed E-state index contributed by atoms with van der Waals surface area (Å²) < 4.78 is 23.5. The molecule has 27 heavy (non-hydrogen) atoms. The zero-order valence-corrected chi connectivity index (χ0v) is 16.8. The number of benzene rings is 1.